The van der Waals surface area contributed by atoms with Gasteiger partial charge in [-0.3, -0.25) is 0 Å². The van der Waals surface area contributed by atoms with Gasteiger partial charge in [0.05, 0.1) is 11.4 Å². The zero-order valence-corrected chi connectivity index (χ0v) is 26.8. The summed E-state index contributed by atoms with van der Waals surface area (Å²) in [6.45, 7) is 0. The fourth-order valence-electron chi connectivity index (χ4n) is 7.03. The Morgan fingerprint density at radius 1 is 0.417 bits per heavy atom. The van der Waals surface area contributed by atoms with Crippen molar-refractivity contribution in [3.8, 4) is 23.0 Å². The van der Waals surface area contributed by atoms with Gasteiger partial charge in [0, 0.05) is 38.6 Å². The average molecular weight is 640 g/mol. The number of para-hydroxylation sites is 6. The predicted molar refractivity (Wildman–Crippen MR) is 194 cm³/mol. The molecule has 7 aromatic rings. The normalized spacial score (nSPS) is 14.3. The highest BCUT2D eigenvalue weighted by Crippen LogP contribution is 2.51. The molecule has 1 atom stereocenters. The first kappa shape index (κ1) is 28.4. The fraction of sp³-hybridized carbons (Fsp3) is 0.0233. The van der Waals surface area contributed by atoms with Gasteiger partial charge in [-0.1, -0.05) is 115 Å². The molecule has 0 N–H and O–H groups in total. The summed E-state index contributed by atoms with van der Waals surface area (Å²) in [7, 11) is -3.23. The monoisotopic (exact) mass is 639 g/mol. The second kappa shape index (κ2) is 11.5. The molecule has 0 saturated heterocycles. The van der Waals surface area contributed by atoms with Crippen molar-refractivity contribution in [1.82, 2.24) is 0 Å². The Morgan fingerprint density at radius 3 is 1.40 bits per heavy atom. The lowest BCUT2D eigenvalue weighted by Crippen LogP contribution is -2.25. The molecule has 0 bridgehead atoms. The van der Waals surface area contributed by atoms with Crippen molar-refractivity contribution in [2.45, 2.75) is 5.92 Å². The highest BCUT2D eigenvalue weighted by atomic mass is 31.2. The summed E-state index contributed by atoms with van der Waals surface area (Å²) in [5.74, 6) is 3.33. The summed E-state index contributed by atoms with van der Waals surface area (Å²) < 4.78 is 28.0. The Morgan fingerprint density at radius 2 is 0.833 bits per heavy atom. The minimum atomic E-state index is -3.23. The molecular formula is C43H30NO3P. The van der Waals surface area contributed by atoms with Gasteiger partial charge in [0.25, 0.3) is 0 Å². The lowest BCUT2D eigenvalue weighted by molar-refractivity contribution is 0.453. The Bertz CT molecular complexity index is 2100. The molecule has 230 valence electrons. The summed E-state index contributed by atoms with van der Waals surface area (Å²) >= 11 is 0. The van der Waals surface area contributed by atoms with Crippen molar-refractivity contribution in [3.05, 3.63) is 193 Å². The molecule has 9 rings (SSSR count). The topological polar surface area (TPSA) is 38.8 Å². The van der Waals surface area contributed by atoms with Crippen LogP contribution in [0.5, 0.6) is 23.0 Å². The Hall–Kier alpha value is -5.83. The maximum Gasteiger partial charge on any atom is 0.171 e. The third-order valence-corrected chi connectivity index (χ3v) is 12.4. The van der Waals surface area contributed by atoms with Crippen LogP contribution in [0.1, 0.15) is 22.6 Å². The average Bonchev–Trinajstić information content (AvgIpc) is 3.16. The molecule has 0 fully saturated rings. The fourth-order valence-corrected chi connectivity index (χ4v) is 9.65. The number of fused-ring (bicyclic) bond motifs is 4. The summed E-state index contributed by atoms with van der Waals surface area (Å²) in [5, 5.41) is 2.37. The quantitative estimate of drug-likeness (QED) is 0.176. The molecule has 2 aliphatic heterocycles. The zero-order chi connectivity index (χ0) is 32.1. The van der Waals surface area contributed by atoms with Crippen LogP contribution in [0.4, 0.5) is 17.1 Å². The highest BCUT2D eigenvalue weighted by Gasteiger charge is 2.33. The first-order valence-electron chi connectivity index (χ1n) is 16.1. The van der Waals surface area contributed by atoms with E-state index in [1.165, 1.54) is 0 Å². The van der Waals surface area contributed by atoms with Crippen LogP contribution in [0, 0.1) is 0 Å². The van der Waals surface area contributed by atoms with Gasteiger partial charge in [0.15, 0.2) is 18.6 Å². The summed E-state index contributed by atoms with van der Waals surface area (Å²) in [5.41, 5.74) is 6.26. The van der Waals surface area contributed by atoms with E-state index in [0.29, 0.717) is 0 Å². The molecule has 0 saturated carbocycles. The number of ether oxygens (including phenoxy) is 2. The maximum atomic E-state index is 15.5. The molecule has 0 radical (unpaired) electrons. The van der Waals surface area contributed by atoms with Gasteiger partial charge in [-0.05, 0) is 66.2 Å². The first-order chi connectivity index (χ1) is 23.7. The SMILES string of the molecule is O=P(c1ccccc1)(c1ccc(C2c3ccccc3Oc3ccccc32)cc1)c1ccc(N2c3ccccc3Oc3ccccc32)cc1. The van der Waals surface area contributed by atoms with E-state index in [1.54, 1.807) is 0 Å². The Kier molecular flexibility index (Phi) is 6.77. The molecule has 0 spiro atoms. The third kappa shape index (κ3) is 4.57. The molecule has 5 heteroatoms. The third-order valence-electron chi connectivity index (χ3n) is 9.29. The van der Waals surface area contributed by atoms with Crippen molar-refractivity contribution < 1.29 is 14.0 Å². The smallest absolute Gasteiger partial charge is 0.171 e. The molecule has 0 aliphatic carbocycles. The van der Waals surface area contributed by atoms with Gasteiger partial charge in [-0.25, -0.2) is 0 Å². The Balaban J connectivity index is 1.13. The minimum absolute atomic E-state index is 0.00914. The number of hydrogen-bond acceptors (Lipinski definition) is 4. The molecule has 7 aromatic carbocycles. The molecular weight excluding hydrogens is 609 g/mol. The van der Waals surface area contributed by atoms with Crippen molar-refractivity contribution in [2.75, 3.05) is 4.90 Å². The van der Waals surface area contributed by atoms with Crippen LogP contribution in [0.25, 0.3) is 0 Å². The van der Waals surface area contributed by atoms with Gasteiger partial charge in [-0.2, -0.15) is 0 Å². The Labute approximate surface area is 279 Å². The summed E-state index contributed by atoms with van der Waals surface area (Å²) in [6, 6.07) is 58.9. The van der Waals surface area contributed by atoms with Gasteiger partial charge < -0.3 is 18.9 Å². The minimum Gasteiger partial charge on any atom is -0.457 e. The van der Waals surface area contributed by atoms with Crippen LogP contribution in [0.3, 0.4) is 0 Å². The van der Waals surface area contributed by atoms with Crippen molar-refractivity contribution in [2.24, 2.45) is 0 Å². The van der Waals surface area contributed by atoms with Crippen LogP contribution in [0.2, 0.25) is 0 Å². The van der Waals surface area contributed by atoms with Crippen LogP contribution in [0.15, 0.2) is 176 Å². The molecule has 2 heterocycles. The molecule has 0 aromatic heterocycles. The van der Waals surface area contributed by atoms with Crippen LogP contribution in [-0.4, -0.2) is 0 Å². The highest BCUT2D eigenvalue weighted by molar-refractivity contribution is 7.85. The summed E-state index contributed by atoms with van der Waals surface area (Å²) in [6.07, 6.45) is 0. The van der Waals surface area contributed by atoms with E-state index in [1.807, 2.05) is 115 Å². The lowest BCUT2D eigenvalue weighted by atomic mass is 9.83. The zero-order valence-electron chi connectivity index (χ0n) is 25.9. The van der Waals surface area contributed by atoms with E-state index < -0.39 is 7.14 Å². The van der Waals surface area contributed by atoms with Crippen molar-refractivity contribution in [1.29, 1.82) is 0 Å². The number of anilines is 3. The van der Waals surface area contributed by atoms with E-state index in [9.17, 15) is 0 Å². The molecule has 4 nitrogen and oxygen atoms in total. The van der Waals surface area contributed by atoms with E-state index in [-0.39, 0.29) is 5.92 Å². The number of benzene rings is 7. The maximum absolute atomic E-state index is 15.5. The van der Waals surface area contributed by atoms with Gasteiger partial charge in [-0.15, -0.1) is 0 Å². The van der Waals surface area contributed by atoms with Crippen LogP contribution < -0.4 is 30.3 Å². The van der Waals surface area contributed by atoms with Crippen molar-refractivity contribution >= 4 is 40.1 Å². The second-order valence-electron chi connectivity index (χ2n) is 12.0. The van der Waals surface area contributed by atoms with Gasteiger partial charge in [0.2, 0.25) is 0 Å². The standard InChI is InChI=1S/C43H30NO3P/c45-48(32-12-2-1-3-13-32,33-26-22-30(23-27-33)43-35-14-4-8-18-39(35)46-40-19-9-5-15-36(40)43)34-28-24-31(25-29-34)44-37-16-6-10-20-41(37)47-42-21-11-7-17-38(42)44/h1-29,43H. The van der Waals surface area contributed by atoms with Crippen LogP contribution in [-0.2, 0) is 4.57 Å². The first-order valence-corrected chi connectivity index (χ1v) is 17.8. The van der Waals surface area contributed by atoms with Crippen LogP contribution >= 0.6 is 7.14 Å². The molecule has 0 amide bonds. The van der Waals surface area contributed by atoms with E-state index in [4.69, 9.17) is 9.47 Å². The predicted octanol–water partition coefficient (Wildman–Crippen LogP) is 10.2. The van der Waals surface area contributed by atoms with E-state index in [2.05, 4.69) is 65.6 Å². The summed E-state index contributed by atoms with van der Waals surface area (Å²) in [4.78, 5) is 2.20. The second-order valence-corrected chi connectivity index (χ2v) is 14.8. The number of rotatable bonds is 5. The van der Waals surface area contributed by atoms with Gasteiger partial charge >= 0.3 is 0 Å². The molecule has 48 heavy (non-hydrogen) atoms. The number of nitrogens with zero attached hydrogens (tertiary/aromatic N) is 1. The van der Waals surface area contributed by atoms with Gasteiger partial charge in [0.1, 0.15) is 11.5 Å². The molecule has 2 aliphatic rings. The number of hydrogen-bond donors (Lipinski definition) is 0. The van der Waals surface area contributed by atoms with E-state index in [0.717, 1.165) is 72.7 Å². The molecule has 1 unspecified atom stereocenters. The lowest BCUT2D eigenvalue weighted by Gasteiger charge is -2.33. The van der Waals surface area contributed by atoms with Crippen molar-refractivity contribution in [3.63, 3.8) is 0 Å². The largest absolute Gasteiger partial charge is 0.457 e. The van der Waals surface area contributed by atoms with E-state index >= 15 is 4.57 Å².